The third-order valence-electron chi connectivity index (χ3n) is 4.57. The minimum atomic E-state index is -0.267. The molecule has 1 unspecified atom stereocenters. The lowest BCUT2D eigenvalue weighted by atomic mass is 10.2. The minimum Gasteiger partial charge on any atom is -0.484 e. The highest BCUT2D eigenvalue weighted by molar-refractivity contribution is 8.00. The second-order valence-electron chi connectivity index (χ2n) is 6.68. The van der Waals surface area contributed by atoms with Gasteiger partial charge in [-0.15, -0.1) is 11.8 Å². The third-order valence-corrected chi connectivity index (χ3v) is 6.03. The highest BCUT2D eigenvalue weighted by Crippen LogP contribution is 2.41. The summed E-state index contributed by atoms with van der Waals surface area (Å²) in [4.78, 5) is 26.3. The van der Waals surface area contributed by atoms with Crippen molar-refractivity contribution in [2.75, 3.05) is 22.6 Å². The van der Waals surface area contributed by atoms with Gasteiger partial charge in [-0.1, -0.05) is 41.9 Å². The fraction of sp³-hybridized carbons (Fsp3) is 0.130. The molecule has 7 heteroatoms. The molecule has 30 heavy (non-hydrogen) atoms. The lowest BCUT2D eigenvalue weighted by molar-refractivity contribution is -0.118. The summed E-state index contributed by atoms with van der Waals surface area (Å²) < 4.78 is 5.57. The molecule has 1 atom stereocenters. The van der Waals surface area contributed by atoms with E-state index in [1.165, 1.54) is 0 Å². The molecule has 152 valence electrons. The van der Waals surface area contributed by atoms with E-state index in [2.05, 4.69) is 5.32 Å². The van der Waals surface area contributed by atoms with E-state index < -0.39 is 0 Å². The molecule has 3 aromatic carbocycles. The number of nitrogens with zero attached hydrogens (tertiary/aromatic N) is 1. The van der Waals surface area contributed by atoms with Gasteiger partial charge < -0.3 is 10.1 Å². The first-order valence-electron chi connectivity index (χ1n) is 9.37. The van der Waals surface area contributed by atoms with Crippen LogP contribution in [0.1, 0.15) is 10.9 Å². The summed E-state index contributed by atoms with van der Waals surface area (Å²) in [5, 5.41) is 3.31. The number of thioether (sulfide) groups is 1. The molecule has 0 radical (unpaired) electrons. The summed E-state index contributed by atoms with van der Waals surface area (Å²) in [5.74, 6) is 0.810. The number of hydrogen-bond acceptors (Lipinski definition) is 4. The number of hydrogen-bond donors (Lipinski definition) is 1. The maximum Gasteiger partial charge on any atom is 0.262 e. The van der Waals surface area contributed by atoms with Crippen molar-refractivity contribution in [2.45, 2.75) is 5.37 Å². The van der Waals surface area contributed by atoms with Gasteiger partial charge in [0.2, 0.25) is 5.91 Å². The van der Waals surface area contributed by atoms with Crippen LogP contribution in [-0.4, -0.2) is 24.2 Å². The Morgan fingerprint density at radius 2 is 1.73 bits per heavy atom. The molecule has 1 heterocycles. The molecule has 1 saturated heterocycles. The lowest BCUT2D eigenvalue weighted by Crippen LogP contribution is -2.27. The quantitative estimate of drug-likeness (QED) is 0.579. The Balaban J connectivity index is 1.38. The summed E-state index contributed by atoms with van der Waals surface area (Å²) in [6.07, 6.45) is 0. The van der Waals surface area contributed by atoms with Crippen molar-refractivity contribution in [2.24, 2.45) is 0 Å². The van der Waals surface area contributed by atoms with Gasteiger partial charge in [-0.05, 0) is 54.1 Å². The van der Waals surface area contributed by atoms with E-state index in [0.717, 1.165) is 11.3 Å². The van der Waals surface area contributed by atoms with E-state index >= 15 is 0 Å². The monoisotopic (exact) mass is 438 g/mol. The first-order valence-corrected chi connectivity index (χ1v) is 10.8. The second kappa shape index (κ2) is 9.24. The number of rotatable bonds is 6. The molecule has 1 aliphatic heterocycles. The molecular formula is C23H19ClN2O3S. The Morgan fingerprint density at radius 1 is 1.03 bits per heavy atom. The second-order valence-corrected chi connectivity index (χ2v) is 8.18. The fourth-order valence-corrected chi connectivity index (χ4v) is 4.45. The highest BCUT2D eigenvalue weighted by Gasteiger charge is 2.33. The van der Waals surface area contributed by atoms with Crippen LogP contribution in [0.25, 0.3) is 0 Å². The van der Waals surface area contributed by atoms with Crippen LogP contribution in [0.15, 0.2) is 78.9 Å². The van der Waals surface area contributed by atoms with E-state index in [-0.39, 0.29) is 23.8 Å². The Hall–Kier alpha value is -2.96. The van der Waals surface area contributed by atoms with Gasteiger partial charge in [0.05, 0.1) is 5.75 Å². The normalized spacial score (nSPS) is 15.8. The largest absolute Gasteiger partial charge is 0.484 e. The van der Waals surface area contributed by atoms with Crippen LogP contribution in [0.3, 0.4) is 0 Å². The zero-order valence-electron chi connectivity index (χ0n) is 16.0. The maximum absolute atomic E-state index is 12.5. The molecule has 2 amide bonds. The van der Waals surface area contributed by atoms with Crippen molar-refractivity contribution in [3.8, 4) is 5.75 Å². The predicted octanol–water partition coefficient (Wildman–Crippen LogP) is 5.14. The van der Waals surface area contributed by atoms with Gasteiger partial charge in [-0.3, -0.25) is 14.5 Å². The lowest BCUT2D eigenvalue weighted by Gasteiger charge is -2.24. The van der Waals surface area contributed by atoms with E-state index in [1.807, 2.05) is 42.5 Å². The first kappa shape index (κ1) is 20.3. The molecule has 0 spiro atoms. The van der Waals surface area contributed by atoms with E-state index in [1.54, 1.807) is 53.1 Å². The Labute approximate surface area is 184 Å². The number of nitrogens with one attached hydrogen (secondary N) is 1. The van der Waals surface area contributed by atoms with Crippen LogP contribution < -0.4 is 15.0 Å². The van der Waals surface area contributed by atoms with Crippen LogP contribution in [-0.2, 0) is 9.59 Å². The molecule has 0 aromatic heterocycles. The van der Waals surface area contributed by atoms with Gasteiger partial charge in [-0.2, -0.15) is 0 Å². The predicted molar refractivity (Wildman–Crippen MR) is 121 cm³/mol. The number of benzene rings is 3. The molecule has 1 aliphatic rings. The average Bonchev–Trinajstić information content (AvgIpc) is 3.16. The van der Waals surface area contributed by atoms with Crippen molar-refractivity contribution >= 4 is 46.6 Å². The number of anilines is 2. The van der Waals surface area contributed by atoms with E-state index in [0.29, 0.717) is 22.2 Å². The number of ether oxygens (including phenoxy) is 1. The zero-order valence-corrected chi connectivity index (χ0v) is 17.5. The smallest absolute Gasteiger partial charge is 0.262 e. The Kier molecular flexibility index (Phi) is 6.26. The average molecular weight is 439 g/mol. The summed E-state index contributed by atoms with van der Waals surface area (Å²) in [6.45, 7) is -0.118. The van der Waals surface area contributed by atoms with E-state index in [4.69, 9.17) is 16.3 Å². The first-order chi connectivity index (χ1) is 14.6. The third kappa shape index (κ3) is 4.78. The van der Waals surface area contributed by atoms with Crippen LogP contribution in [0.4, 0.5) is 11.4 Å². The fourth-order valence-electron chi connectivity index (χ4n) is 3.15. The summed E-state index contributed by atoms with van der Waals surface area (Å²) in [5.41, 5.74) is 2.55. The van der Waals surface area contributed by atoms with Crippen LogP contribution >= 0.6 is 23.4 Å². The molecule has 4 rings (SSSR count). The number of carbonyl (C=O) groups is 2. The van der Waals surface area contributed by atoms with Gasteiger partial charge in [-0.25, -0.2) is 0 Å². The SMILES string of the molecule is O=C(COc1ccc(N2C(=O)CSC2c2ccccc2)cc1)Nc1ccc(Cl)cc1. The number of carbonyl (C=O) groups excluding carboxylic acids is 2. The Morgan fingerprint density at radius 3 is 2.43 bits per heavy atom. The summed E-state index contributed by atoms with van der Waals surface area (Å²) in [6, 6.07) is 24.0. The summed E-state index contributed by atoms with van der Waals surface area (Å²) in [7, 11) is 0. The van der Waals surface area contributed by atoms with Gasteiger partial charge in [0, 0.05) is 16.4 Å². The Bertz CT molecular complexity index is 1030. The zero-order chi connectivity index (χ0) is 20.9. The van der Waals surface area contributed by atoms with Crippen molar-refractivity contribution < 1.29 is 14.3 Å². The van der Waals surface area contributed by atoms with Crippen molar-refractivity contribution in [1.82, 2.24) is 0 Å². The maximum atomic E-state index is 12.5. The van der Waals surface area contributed by atoms with Crippen molar-refractivity contribution in [1.29, 1.82) is 0 Å². The molecular weight excluding hydrogens is 420 g/mol. The van der Waals surface area contributed by atoms with Gasteiger partial charge >= 0.3 is 0 Å². The standard InChI is InChI=1S/C23H19ClN2O3S/c24-17-6-8-18(9-7-17)25-21(27)14-29-20-12-10-19(11-13-20)26-22(28)15-30-23(26)16-4-2-1-3-5-16/h1-13,23H,14-15H2,(H,25,27). The molecule has 0 saturated carbocycles. The van der Waals surface area contributed by atoms with Crippen LogP contribution in [0.2, 0.25) is 5.02 Å². The molecule has 1 N–H and O–H groups in total. The molecule has 5 nitrogen and oxygen atoms in total. The van der Waals surface area contributed by atoms with Crippen molar-refractivity contribution in [3.63, 3.8) is 0 Å². The van der Waals surface area contributed by atoms with Gasteiger partial charge in [0.1, 0.15) is 11.1 Å². The molecule has 1 fully saturated rings. The van der Waals surface area contributed by atoms with Crippen LogP contribution in [0, 0.1) is 0 Å². The van der Waals surface area contributed by atoms with Crippen LogP contribution in [0.5, 0.6) is 5.75 Å². The summed E-state index contributed by atoms with van der Waals surface area (Å²) >= 11 is 7.45. The van der Waals surface area contributed by atoms with Gasteiger partial charge in [0.15, 0.2) is 6.61 Å². The minimum absolute atomic E-state index is 0.0457. The van der Waals surface area contributed by atoms with E-state index in [9.17, 15) is 9.59 Å². The molecule has 0 aliphatic carbocycles. The molecule has 0 bridgehead atoms. The number of halogens is 1. The highest BCUT2D eigenvalue weighted by atomic mass is 35.5. The topological polar surface area (TPSA) is 58.6 Å². The molecule has 3 aromatic rings. The number of amides is 2. The van der Waals surface area contributed by atoms with Gasteiger partial charge in [0.25, 0.3) is 5.91 Å². The van der Waals surface area contributed by atoms with Crippen molar-refractivity contribution in [3.05, 3.63) is 89.4 Å².